The summed E-state index contributed by atoms with van der Waals surface area (Å²) in [6.45, 7) is 2.09. The van der Waals surface area contributed by atoms with Crippen LogP contribution in [0.4, 0.5) is 5.69 Å². The van der Waals surface area contributed by atoms with E-state index in [1.54, 1.807) is 24.4 Å². The highest BCUT2D eigenvalue weighted by Gasteiger charge is 2.14. The van der Waals surface area contributed by atoms with Crippen LogP contribution in [0.5, 0.6) is 0 Å². The maximum Gasteiger partial charge on any atom is 0.274 e. The molecule has 0 radical (unpaired) electrons. The molecule has 1 aromatic carbocycles. The Morgan fingerprint density at radius 1 is 1.47 bits per heavy atom. The van der Waals surface area contributed by atoms with Crippen molar-refractivity contribution in [1.82, 2.24) is 15.0 Å². The van der Waals surface area contributed by atoms with Crippen molar-refractivity contribution in [1.29, 1.82) is 0 Å². The van der Waals surface area contributed by atoms with Crippen molar-refractivity contribution >= 4 is 5.69 Å². The van der Waals surface area contributed by atoms with E-state index >= 15 is 0 Å². The van der Waals surface area contributed by atoms with Gasteiger partial charge < -0.3 is 5.11 Å². The van der Waals surface area contributed by atoms with Crippen LogP contribution in [0.2, 0.25) is 0 Å². The van der Waals surface area contributed by atoms with Gasteiger partial charge >= 0.3 is 0 Å². The minimum Gasteiger partial charge on any atom is -0.387 e. The first-order chi connectivity index (χ1) is 9.11. The van der Waals surface area contributed by atoms with Gasteiger partial charge in [0.05, 0.1) is 29.3 Å². The zero-order chi connectivity index (χ0) is 13.8. The third-order valence-electron chi connectivity index (χ3n) is 2.81. The van der Waals surface area contributed by atoms with Gasteiger partial charge in [-0.15, -0.1) is 5.10 Å². The van der Waals surface area contributed by atoms with E-state index in [9.17, 15) is 15.2 Å². The Hall–Kier alpha value is -2.28. The number of benzene rings is 1. The molecule has 0 aliphatic rings. The van der Waals surface area contributed by atoms with Crippen molar-refractivity contribution in [3.63, 3.8) is 0 Å². The standard InChI is InChI=1S/C12H14N4O3/c1-2-12(17)10-8-15(14-13-10)7-9-5-3-4-6-11(9)16(18)19/h3-6,8,12,17H,2,7H2,1H3. The van der Waals surface area contributed by atoms with Crippen LogP contribution in [0.25, 0.3) is 0 Å². The Morgan fingerprint density at radius 3 is 2.89 bits per heavy atom. The van der Waals surface area contributed by atoms with Crippen LogP contribution < -0.4 is 0 Å². The molecule has 1 N–H and O–H groups in total. The number of aliphatic hydroxyl groups is 1. The molecule has 0 saturated carbocycles. The van der Waals surface area contributed by atoms with E-state index in [4.69, 9.17) is 0 Å². The number of nitro groups is 1. The number of rotatable bonds is 5. The summed E-state index contributed by atoms with van der Waals surface area (Å²) in [6, 6.07) is 6.49. The summed E-state index contributed by atoms with van der Waals surface area (Å²) in [5.41, 5.74) is 1.08. The molecule has 2 rings (SSSR count). The molecule has 1 unspecified atom stereocenters. The lowest BCUT2D eigenvalue weighted by atomic mass is 10.2. The predicted molar refractivity (Wildman–Crippen MR) is 67.5 cm³/mol. The van der Waals surface area contributed by atoms with Crippen LogP contribution in [0.1, 0.15) is 30.7 Å². The maximum atomic E-state index is 10.9. The van der Waals surface area contributed by atoms with Gasteiger partial charge in [0.15, 0.2) is 0 Å². The molecule has 0 spiro atoms. The number of hydrogen-bond acceptors (Lipinski definition) is 5. The maximum absolute atomic E-state index is 10.9. The summed E-state index contributed by atoms with van der Waals surface area (Å²) >= 11 is 0. The highest BCUT2D eigenvalue weighted by molar-refractivity contribution is 5.39. The number of aromatic nitrogens is 3. The van der Waals surface area contributed by atoms with Gasteiger partial charge in [-0.05, 0) is 6.42 Å². The van der Waals surface area contributed by atoms with Crippen molar-refractivity contribution in [2.75, 3.05) is 0 Å². The lowest BCUT2D eigenvalue weighted by molar-refractivity contribution is -0.385. The molecule has 1 heterocycles. The molecular formula is C12H14N4O3. The van der Waals surface area contributed by atoms with E-state index in [0.29, 0.717) is 17.7 Å². The number of para-hydroxylation sites is 1. The summed E-state index contributed by atoms with van der Waals surface area (Å²) < 4.78 is 1.48. The van der Waals surface area contributed by atoms with Crippen molar-refractivity contribution in [2.45, 2.75) is 26.0 Å². The van der Waals surface area contributed by atoms with Crippen molar-refractivity contribution < 1.29 is 10.0 Å². The van der Waals surface area contributed by atoms with E-state index < -0.39 is 11.0 Å². The molecule has 1 atom stereocenters. The molecule has 0 aliphatic carbocycles. The van der Waals surface area contributed by atoms with Gasteiger partial charge in [-0.25, -0.2) is 4.68 Å². The van der Waals surface area contributed by atoms with Gasteiger partial charge in [-0.3, -0.25) is 10.1 Å². The van der Waals surface area contributed by atoms with Crippen molar-refractivity contribution in [3.05, 3.63) is 51.8 Å². The fraction of sp³-hybridized carbons (Fsp3) is 0.333. The summed E-state index contributed by atoms with van der Waals surface area (Å²) in [5, 5.41) is 28.2. The Morgan fingerprint density at radius 2 is 2.21 bits per heavy atom. The molecule has 0 aliphatic heterocycles. The Balaban J connectivity index is 2.22. The average Bonchev–Trinajstić information content (AvgIpc) is 2.86. The first-order valence-electron chi connectivity index (χ1n) is 5.92. The SMILES string of the molecule is CCC(O)c1cn(Cc2ccccc2[N+](=O)[O-])nn1. The minimum atomic E-state index is -0.653. The summed E-state index contributed by atoms with van der Waals surface area (Å²) in [6.07, 6.45) is 1.49. The van der Waals surface area contributed by atoms with Crippen LogP contribution in [0.15, 0.2) is 30.5 Å². The summed E-state index contributed by atoms with van der Waals surface area (Å²) in [5.74, 6) is 0. The van der Waals surface area contributed by atoms with Gasteiger partial charge in [0.2, 0.25) is 0 Å². The van der Waals surface area contributed by atoms with E-state index in [-0.39, 0.29) is 12.2 Å². The van der Waals surface area contributed by atoms with Crippen LogP contribution in [0.3, 0.4) is 0 Å². The Labute approximate surface area is 109 Å². The second-order valence-corrected chi connectivity index (χ2v) is 4.15. The van der Waals surface area contributed by atoms with Crippen LogP contribution in [-0.4, -0.2) is 25.0 Å². The second kappa shape index (κ2) is 5.57. The van der Waals surface area contributed by atoms with Gasteiger partial charge in [-0.2, -0.15) is 0 Å². The number of aliphatic hydroxyl groups excluding tert-OH is 1. The molecule has 0 amide bonds. The molecule has 0 saturated heterocycles. The fourth-order valence-electron chi connectivity index (χ4n) is 1.75. The summed E-state index contributed by atoms with van der Waals surface area (Å²) in [4.78, 5) is 10.5. The third kappa shape index (κ3) is 2.94. The predicted octanol–water partition coefficient (Wildman–Crippen LogP) is 1.68. The average molecular weight is 262 g/mol. The Kier molecular flexibility index (Phi) is 3.86. The summed E-state index contributed by atoms with van der Waals surface area (Å²) in [7, 11) is 0. The van der Waals surface area contributed by atoms with E-state index in [2.05, 4.69) is 10.3 Å². The van der Waals surface area contributed by atoms with Gasteiger partial charge in [0, 0.05) is 6.07 Å². The lowest BCUT2D eigenvalue weighted by Crippen LogP contribution is -2.03. The van der Waals surface area contributed by atoms with Gasteiger partial charge in [-0.1, -0.05) is 30.3 Å². The molecule has 19 heavy (non-hydrogen) atoms. The zero-order valence-corrected chi connectivity index (χ0v) is 10.4. The van der Waals surface area contributed by atoms with Crippen LogP contribution >= 0.6 is 0 Å². The van der Waals surface area contributed by atoms with Crippen molar-refractivity contribution in [3.8, 4) is 0 Å². The molecule has 1 aromatic heterocycles. The van der Waals surface area contributed by atoms with E-state index in [1.807, 2.05) is 6.92 Å². The van der Waals surface area contributed by atoms with E-state index in [1.165, 1.54) is 10.7 Å². The normalized spacial score (nSPS) is 12.3. The fourth-order valence-corrected chi connectivity index (χ4v) is 1.75. The van der Waals surface area contributed by atoms with Gasteiger partial charge in [0.25, 0.3) is 5.69 Å². The number of hydrogen-bond donors (Lipinski definition) is 1. The highest BCUT2D eigenvalue weighted by Crippen LogP contribution is 2.19. The first-order valence-corrected chi connectivity index (χ1v) is 5.92. The minimum absolute atomic E-state index is 0.0515. The molecule has 7 nitrogen and oxygen atoms in total. The quantitative estimate of drug-likeness (QED) is 0.653. The van der Waals surface area contributed by atoms with E-state index in [0.717, 1.165) is 0 Å². The Bertz CT molecular complexity index is 582. The van der Waals surface area contributed by atoms with Crippen LogP contribution in [0, 0.1) is 10.1 Å². The second-order valence-electron chi connectivity index (χ2n) is 4.15. The topological polar surface area (TPSA) is 94.1 Å². The third-order valence-corrected chi connectivity index (χ3v) is 2.81. The van der Waals surface area contributed by atoms with Gasteiger partial charge in [0.1, 0.15) is 5.69 Å². The molecule has 2 aromatic rings. The number of nitro benzene ring substituents is 1. The first kappa shape index (κ1) is 13.2. The number of nitrogens with zero attached hydrogens (tertiary/aromatic N) is 4. The monoisotopic (exact) mass is 262 g/mol. The lowest BCUT2D eigenvalue weighted by Gasteiger charge is -2.02. The van der Waals surface area contributed by atoms with Crippen molar-refractivity contribution in [2.24, 2.45) is 0 Å². The largest absolute Gasteiger partial charge is 0.387 e. The smallest absolute Gasteiger partial charge is 0.274 e. The molecule has 7 heteroatoms. The molecular weight excluding hydrogens is 248 g/mol. The highest BCUT2D eigenvalue weighted by atomic mass is 16.6. The molecule has 0 bridgehead atoms. The molecule has 100 valence electrons. The molecule has 0 fully saturated rings. The zero-order valence-electron chi connectivity index (χ0n) is 10.4. The van der Waals surface area contributed by atoms with Crippen LogP contribution in [-0.2, 0) is 6.54 Å².